The van der Waals surface area contributed by atoms with Crippen LogP contribution in [0.5, 0.6) is 0 Å². The number of halogens is 1. The molecule has 4 rings (SSSR count). The zero-order chi connectivity index (χ0) is 17.8. The molecule has 1 heteroatoms. The number of hydrogen-bond donors (Lipinski definition) is 0. The molecule has 0 radical (unpaired) electrons. The molecule has 0 bridgehead atoms. The molecular formula is C25H37Cl. The Balaban J connectivity index is 1.18. The lowest BCUT2D eigenvalue weighted by Crippen LogP contribution is -2.25. The van der Waals surface area contributed by atoms with Gasteiger partial charge in [0.25, 0.3) is 0 Å². The van der Waals surface area contributed by atoms with Crippen LogP contribution in [0.1, 0.15) is 101 Å². The van der Waals surface area contributed by atoms with E-state index in [1.807, 2.05) is 0 Å². The molecule has 3 aliphatic carbocycles. The van der Waals surface area contributed by atoms with Crippen LogP contribution in [0.2, 0.25) is 5.02 Å². The SMILES string of the molecule is Clc1ccc(C2CCC(C3CCC(CCC4CCCC4)CC3)CC2)cc1. The average Bonchev–Trinajstić information content (AvgIpc) is 3.21. The van der Waals surface area contributed by atoms with Crippen molar-refractivity contribution in [3.63, 3.8) is 0 Å². The third-order valence-electron chi connectivity index (χ3n) is 8.13. The molecular weight excluding hydrogens is 336 g/mol. The fourth-order valence-corrected chi connectivity index (χ4v) is 6.50. The van der Waals surface area contributed by atoms with E-state index in [0.717, 1.165) is 34.6 Å². The largest absolute Gasteiger partial charge is 0.0843 e. The van der Waals surface area contributed by atoms with Crippen LogP contribution >= 0.6 is 11.6 Å². The van der Waals surface area contributed by atoms with Crippen molar-refractivity contribution in [2.24, 2.45) is 23.7 Å². The Morgan fingerprint density at radius 3 is 1.69 bits per heavy atom. The number of benzene rings is 1. The summed E-state index contributed by atoms with van der Waals surface area (Å²) < 4.78 is 0. The van der Waals surface area contributed by atoms with Gasteiger partial charge in [0.1, 0.15) is 0 Å². The second-order valence-electron chi connectivity index (χ2n) is 9.67. The molecule has 0 spiro atoms. The summed E-state index contributed by atoms with van der Waals surface area (Å²) in [7, 11) is 0. The topological polar surface area (TPSA) is 0 Å². The second kappa shape index (κ2) is 9.13. The van der Waals surface area contributed by atoms with E-state index in [4.69, 9.17) is 11.6 Å². The Bertz CT molecular complexity index is 526. The van der Waals surface area contributed by atoms with E-state index in [9.17, 15) is 0 Å². The van der Waals surface area contributed by atoms with Gasteiger partial charge < -0.3 is 0 Å². The van der Waals surface area contributed by atoms with Crippen LogP contribution < -0.4 is 0 Å². The van der Waals surface area contributed by atoms with Crippen molar-refractivity contribution in [2.45, 2.75) is 95.8 Å². The maximum atomic E-state index is 6.05. The van der Waals surface area contributed by atoms with E-state index >= 15 is 0 Å². The summed E-state index contributed by atoms with van der Waals surface area (Å²) in [6.45, 7) is 0. The van der Waals surface area contributed by atoms with Crippen molar-refractivity contribution < 1.29 is 0 Å². The summed E-state index contributed by atoms with van der Waals surface area (Å²) in [5, 5.41) is 0.868. The maximum Gasteiger partial charge on any atom is 0.0406 e. The smallest absolute Gasteiger partial charge is 0.0406 e. The van der Waals surface area contributed by atoms with Crippen molar-refractivity contribution in [2.75, 3.05) is 0 Å². The van der Waals surface area contributed by atoms with E-state index in [1.165, 1.54) is 82.6 Å². The first-order valence-corrected chi connectivity index (χ1v) is 11.9. The van der Waals surface area contributed by atoms with Crippen LogP contribution in [-0.4, -0.2) is 0 Å². The summed E-state index contributed by atoms with van der Waals surface area (Å²) in [5.74, 6) is 5.01. The molecule has 0 aromatic heterocycles. The normalized spacial score (nSPS) is 33.4. The van der Waals surface area contributed by atoms with Gasteiger partial charge in [-0.3, -0.25) is 0 Å². The molecule has 0 aliphatic heterocycles. The van der Waals surface area contributed by atoms with Crippen LogP contribution in [-0.2, 0) is 0 Å². The molecule has 0 heterocycles. The lowest BCUT2D eigenvalue weighted by molar-refractivity contribution is 0.153. The standard InChI is InChI=1S/C25H37Cl/c26-25-17-15-24(16-18-25)23-13-11-22(12-14-23)21-9-7-20(8-10-21)6-5-19-3-1-2-4-19/h15-23H,1-14H2. The second-order valence-corrected chi connectivity index (χ2v) is 10.1. The van der Waals surface area contributed by atoms with Gasteiger partial charge >= 0.3 is 0 Å². The summed E-state index contributed by atoms with van der Waals surface area (Å²) in [5.41, 5.74) is 1.52. The van der Waals surface area contributed by atoms with Gasteiger partial charge in [0.05, 0.1) is 0 Å². The molecule has 1 aromatic rings. The third kappa shape index (κ3) is 4.86. The van der Waals surface area contributed by atoms with Gasteiger partial charge in [0, 0.05) is 5.02 Å². The first-order valence-electron chi connectivity index (χ1n) is 11.5. The molecule has 0 unspecified atom stereocenters. The van der Waals surface area contributed by atoms with Gasteiger partial charge in [-0.25, -0.2) is 0 Å². The van der Waals surface area contributed by atoms with Crippen molar-refractivity contribution >= 4 is 11.6 Å². The fraction of sp³-hybridized carbons (Fsp3) is 0.760. The quantitative estimate of drug-likeness (QED) is 0.486. The van der Waals surface area contributed by atoms with Gasteiger partial charge in [0.2, 0.25) is 0 Å². The van der Waals surface area contributed by atoms with E-state index in [0.29, 0.717) is 0 Å². The van der Waals surface area contributed by atoms with Crippen molar-refractivity contribution in [3.05, 3.63) is 34.9 Å². The summed E-state index contributed by atoms with van der Waals surface area (Å²) in [6.07, 6.45) is 21.0. The molecule has 3 aliphatic rings. The molecule has 1 aromatic carbocycles. The zero-order valence-corrected chi connectivity index (χ0v) is 17.2. The Kier molecular flexibility index (Phi) is 6.62. The minimum Gasteiger partial charge on any atom is -0.0843 e. The van der Waals surface area contributed by atoms with Crippen molar-refractivity contribution in [1.82, 2.24) is 0 Å². The first kappa shape index (κ1) is 18.9. The predicted molar refractivity (Wildman–Crippen MR) is 113 cm³/mol. The van der Waals surface area contributed by atoms with Gasteiger partial charge in [-0.1, -0.05) is 75.1 Å². The molecule has 0 saturated heterocycles. The molecule has 0 N–H and O–H groups in total. The fourth-order valence-electron chi connectivity index (χ4n) is 6.38. The monoisotopic (exact) mass is 372 g/mol. The Morgan fingerprint density at radius 1 is 0.615 bits per heavy atom. The highest BCUT2D eigenvalue weighted by atomic mass is 35.5. The summed E-state index contributed by atoms with van der Waals surface area (Å²) >= 11 is 6.05. The first-order chi connectivity index (χ1) is 12.8. The Morgan fingerprint density at radius 2 is 1.12 bits per heavy atom. The highest BCUT2D eigenvalue weighted by Gasteiger charge is 2.31. The van der Waals surface area contributed by atoms with Gasteiger partial charge in [0.15, 0.2) is 0 Å². The highest BCUT2D eigenvalue weighted by molar-refractivity contribution is 6.30. The maximum absolute atomic E-state index is 6.05. The van der Waals surface area contributed by atoms with E-state index in [2.05, 4.69) is 24.3 Å². The van der Waals surface area contributed by atoms with Gasteiger partial charge in [-0.2, -0.15) is 0 Å². The summed E-state index contributed by atoms with van der Waals surface area (Å²) in [4.78, 5) is 0. The van der Waals surface area contributed by atoms with Crippen molar-refractivity contribution in [3.8, 4) is 0 Å². The summed E-state index contributed by atoms with van der Waals surface area (Å²) in [6, 6.07) is 8.64. The molecule has 3 fully saturated rings. The van der Waals surface area contributed by atoms with Gasteiger partial charge in [-0.15, -0.1) is 0 Å². The van der Waals surface area contributed by atoms with Crippen LogP contribution in [0.25, 0.3) is 0 Å². The number of rotatable bonds is 5. The molecule has 0 atom stereocenters. The van der Waals surface area contributed by atoms with Crippen molar-refractivity contribution in [1.29, 1.82) is 0 Å². The van der Waals surface area contributed by atoms with Crippen LogP contribution in [0.15, 0.2) is 24.3 Å². The van der Waals surface area contributed by atoms with Crippen LogP contribution in [0.4, 0.5) is 0 Å². The molecule has 0 nitrogen and oxygen atoms in total. The minimum atomic E-state index is 0.784. The van der Waals surface area contributed by atoms with Gasteiger partial charge in [-0.05, 0) is 85.8 Å². The minimum absolute atomic E-state index is 0.784. The third-order valence-corrected chi connectivity index (χ3v) is 8.38. The van der Waals surface area contributed by atoms with E-state index in [1.54, 1.807) is 12.8 Å². The van der Waals surface area contributed by atoms with Crippen LogP contribution in [0.3, 0.4) is 0 Å². The Hall–Kier alpha value is -0.490. The van der Waals surface area contributed by atoms with E-state index < -0.39 is 0 Å². The molecule has 144 valence electrons. The van der Waals surface area contributed by atoms with E-state index in [-0.39, 0.29) is 0 Å². The lowest BCUT2D eigenvalue weighted by Gasteiger charge is -2.38. The average molecular weight is 373 g/mol. The van der Waals surface area contributed by atoms with Crippen LogP contribution in [0, 0.1) is 23.7 Å². The lowest BCUT2D eigenvalue weighted by atomic mass is 9.68. The molecule has 0 amide bonds. The number of hydrogen-bond acceptors (Lipinski definition) is 0. The molecule has 3 saturated carbocycles. The Labute approximate surface area is 166 Å². The zero-order valence-electron chi connectivity index (χ0n) is 16.5. The highest BCUT2D eigenvalue weighted by Crippen LogP contribution is 2.45. The molecule has 26 heavy (non-hydrogen) atoms. The predicted octanol–water partition coefficient (Wildman–Crippen LogP) is 8.39.